The Hall–Kier alpha value is -7.56. The summed E-state index contributed by atoms with van der Waals surface area (Å²) in [7, 11) is 0. The lowest BCUT2D eigenvalue weighted by atomic mass is 9.91. The summed E-state index contributed by atoms with van der Waals surface area (Å²) in [5.41, 5.74) is 14.7. The fraction of sp³-hybridized carbons (Fsp3) is 0. The van der Waals surface area contributed by atoms with Crippen molar-refractivity contribution in [3.05, 3.63) is 194 Å². The van der Waals surface area contributed by atoms with Gasteiger partial charge in [-0.1, -0.05) is 146 Å². The third-order valence-electron chi connectivity index (χ3n) is 10.7. The third kappa shape index (κ3) is 5.47. The summed E-state index contributed by atoms with van der Waals surface area (Å²) in [4.78, 5) is 10.5. The van der Waals surface area contributed by atoms with E-state index in [1.54, 1.807) is 0 Å². The minimum Gasteiger partial charge on any atom is -0.456 e. The van der Waals surface area contributed by atoms with Crippen molar-refractivity contribution in [3.8, 4) is 67.3 Å². The maximum atomic E-state index is 6.37. The maximum Gasteiger partial charge on any atom is 0.160 e. The lowest BCUT2D eigenvalue weighted by Crippen LogP contribution is -1.97. The summed E-state index contributed by atoms with van der Waals surface area (Å²) in [6.45, 7) is 0. The van der Waals surface area contributed by atoms with E-state index < -0.39 is 0 Å². The van der Waals surface area contributed by atoms with Gasteiger partial charge in [0.15, 0.2) is 5.82 Å². The molecule has 56 heavy (non-hydrogen) atoms. The van der Waals surface area contributed by atoms with E-state index in [0.717, 1.165) is 99.8 Å². The van der Waals surface area contributed by atoms with Gasteiger partial charge in [0.25, 0.3) is 0 Å². The largest absolute Gasteiger partial charge is 0.456 e. The molecule has 0 atom stereocenters. The number of rotatable bonds is 6. The molecular weight excluding hydrogens is 685 g/mol. The molecule has 11 rings (SSSR count). The number of fused-ring (bicyclic) bond motifs is 6. The minimum absolute atomic E-state index is 0.669. The van der Waals surface area contributed by atoms with Crippen LogP contribution in [0.5, 0.6) is 0 Å². The molecule has 11 aromatic rings. The van der Waals surface area contributed by atoms with Gasteiger partial charge in [0.1, 0.15) is 22.3 Å². The van der Waals surface area contributed by atoms with E-state index in [-0.39, 0.29) is 0 Å². The molecule has 262 valence electrons. The van der Waals surface area contributed by atoms with Gasteiger partial charge in [0.05, 0.1) is 11.4 Å². The van der Waals surface area contributed by atoms with Crippen LogP contribution >= 0.6 is 0 Å². The van der Waals surface area contributed by atoms with Crippen molar-refractivity contribution in [3.63, 3.8) is 0 Å². The van der Waals surface area contributed by atoms with E-state index in [1.165, 1.54) is 5.56 Å². The Morgan fingerprint density at radius 2 is 0.714 bits per heavy atom. The number of aromatic nitrogens is 2. The molecule has 0 unspecified atom stereocenters. The zero-order valence-electron chi connectivity index (χ0n) is 30.2. The molecule has 0 saturated heterocycles. The molecule has 0 aliphatic rings. The second kappa shape index (κ2) is 13.1. The van der Waals surface area contributed by atoms with Crippen LogP contribution in [0.4, 0.5) is 0 Å². The van der Waals surface area contributed by atoms with Gasteiger partial charge in [-0.05, 0) is 81.9 Å². The zero-order valence-corrected chi connectivity index (χ0v) is 30.2. The van der Waals surface area contributed by atoms with Crippen LogP contribution in [-0.2, 0) is 0 Å². The topological polar surface area (TPSA) is 52.1 Å². The van der Waals surface area contributed by atoms with Gasteiger partial charge >= 0.3 is 0 Å². The Morgan fingerprint density at radius 1 is 0.286 bits per heavy atom. The minimum atomic E-state index is 0.669. The van der Waals surface area contributed by atoms with E-state index in [0.29, 0.717) is 5.82 Å². The first-order chi connectivity index (χ1) is 27.7. The zero-order chi connectivity index (χ0) is 37.0. The first-order valence-corrected chi connectivity index (χ1v) is 18.8. The van der Waals surface area contributed by atoms with Crippen molar-refractivity contribution >= 4 is 43.9 Å². The van der Waals surface area contributed by atoms with Gasteiger partial charge in [-0.15, -0.1) is 0 Å². The standard InChI is InChI=1S/C52H32N2O2/c1-3-13-33(14-4-1)34-25-27-35(28-26-34)44-32-45(54-52(53-44)36-15-5-2-6-16-36)39-30-37(40-19-11-23-48-50(40)42-17-7-9-21-46(42)55-48)29-38(31-39)41-20-12-24-49-51(41)43-18-8-10-22-47(43)56-49/h1-32H. The van der Waals surface area contributed by atoms with Crippen LogP contribution in [0, 0.1) is 0 Å². The van der Waals surface area contributed by atoms with Crippen LogP contribution in [-0.4, -0.2) is 9.97 Å². The average molecular weight is 717 g/mol. The van der Waals surface area contributed by atoms with Gasteiger partial charge < -0.3 is 8.83 Å². The number of hydrogen-bond donors (Lipinski definition) is 0. The average Bonchev–Trinajstić information content (AvgIpc) is 3.86. The summed E-state index contributed by atoms with van der Waals surface area (Å²) in [5.74, 6) is 0.669. The number of hydrogen-bond acceptors (Lipinski definition) is 4. The molecule has 4 heteroatoms. The molecule has 0 saturated carbocycles. The van der Waals surface area contributed by atoms with E-state index in [9.17, 15) is 0 Å². The Bertz CT molecular complexity index is 3100. The third-order valence-corrected chi connectivity index (χ3v) is 10.7. The summed E-state index contributed by atoms with van der Waals surface area (Å²) in [6, 6.07) is 67.4. The molecule has 0 aliphatic heterocycles. The number of nitrogens with zero attached hydrogens (tertiary/aromatic N) is 2. The summed E-state index contributed by atoms with van der Waals surface area (Å²) in [5, 5.41) is 4.35. The van der Waals surface area contributed by atoms with Crippen LogP contribution < -0.4 is 0 Å². The highest BCUT2D eigenvalue weighted by molar-refractivity contribution is 6.15. The Morgan fingerprint density at radius 3 is 1.29 bits per heavy atom. The first kappa shape index (κ1) is 31.9. The fourth-order valence-corrected chi connectivity index (χ4v) is 8.04. The molecule has 0 fully saturated rings. The summed E-state index contributed by atoms with van der Waals surface area (Å²) in [6.07, 6.45) is 0. The second-order valence-corrected chi connectivity index (χ2v) is 14.1. The molecule has 0 spiro atoms. The van der Waals surface area contributed by atoms with E-state index >= 15 is 0 Å². The lowest BCUT2D eigenvalue weighted by molar-refractivity contribution is 0.668. The first-order valence-electron chi connectivity index (χ1n) is 18.8. The Kier molecular flexibility index (Phi) is 7.46. The molecule has 0 aliphatic carbocycles. The van der Waals surface area contributed by atoms with Gasteiger partial charge in [0, 0.05) is 38.2 Å². The van der Waals surface area contributed by atoms with Crippen molar-refractivity contribution in [2.45, 2.75) is 0 Å². The van der Waals surface area contributed by atoms with Gasteiger partial charge in [0.2, 0.25) is 0 Å². The number of furan rings is 2. The molecule has 3 heterocycles. The summed E-state index contributed by atoms with van der Waals surface area (Å²) < 4.78 is 12.7. The number of benzene rings is 8. The van der Waals surface area contributed by atoms with E-state index in [1.807, 2.05) is 60.7 Å². The fourth-order valence-electron chi connectivity index (χ4n) is 8.04. The SMILES string of the molecule is c1ccc(-c2ccc(-c3cc(-c4cc(-c5cccc6oc7ccccc7c56)cc(-c5cccc6oc7ccccc7c56)c4)nc(-c4ccccc4)n3)cc2)cc1. The van der Waals surface area contributed by atoms with Gasteiger partial charge in [-0.25, -0.2) is 9.97 Å². The van der Waals surface area contributed by atoms with E-state index in [2.05, 4.69) is 133 Å². The predicted octanol–water partition coefficient (Wildman–Crippen LogP) is 14.3. The van der Waals surface area contributed by atoms with Crippen molar-refractivity contribution in [2.75, 3.05) is 0 Å². The predicted molar refractivity (Wildman–Crippen MR) is 229 cm³/mol. The van der Waals surface area contributed by atoms with Crippen molar-refractivity contribution in [1.29, 1.82) is 0 Å². The molecule has 8 aromatic carbocycles. The van der Waals surface area contributed by atoms with Crippen molar-refractivity contribution in [1.82, 2.24) is 9.97 Å². The lowest BCUT2D eigenvalue weighted by Gasteiger charge is -2.14. The molecule has 0 N–H and O–H groups in total. The van der Waals surface area contributed by atoms with Crippen molar-refractivity contribution in [2.24, 2.45) is 0 Å². The number of para-hydroxylation sites is 2. The highest BCUT2D eigenvalue weighted by atomic mass is 16.3. The maximum absolute atomic E-state index is 6.37. The molecule has 3 aromatic heterocycles. The van der Waals surface area contributed by atoms with Gasteiger partial charge in [-0.2, -0.15) is 0 Å². The molecule has 0 radical (unpaired) electrons. The highest BCUT2D eigenvalue weighted by Crippen LogP contribution is 2.43. The summed E-state index contributed by atoms with van der Waals surface area (Å²) >= 11 is 0. The van der Waals surface area contributed by atoms with Crippen molar-refractivity contribution < 1.29 is 8.83 Å². The van der Waals surface area contributed by atoms with Crippen LogP contribution in [0.3, 0.4) is 0 Å². The monoisotopic (exact) mass is 716 g/mol. The van der Waals surface area contributed by atoms with Crippen LogP contribution in [0.1, 0.15) is 0 Å². The van der Waals surface area contributed by atoms with E-state index in [4.69, 9.17) is 18.8 Å². The molecule has 0 amide bonds. The van der Waals surface area contributed by atoms with Crippen LogP contribution in [0.25, 0.3) is 111 Å². The highest BCUT2D eigenvalue weighted by Gasteiger charge is 2.19. The molecular formula is C52H32N2O2. The quantitative estimate of drug-likeness (QED) is 0.172. The smallest absolute Gasteiger partial charge is 0.160 e. The Balaban J connectivity index is 1.16. The normalized spacial score (nSPS) is 11.6. The van der Waals surface area contributed by atoms with Crippen LogP contribution in [0.2, 0.25) is 0 Å². The van der Waals surface area contributed by atoms with Gasteiger partial charge in [-0.3, -0.25) is 0 Å². The van der Waals surface area contributed by atoms with Crippen LogP contribution in [0.15, 0.2) is 203 Å². The molecule has 0 bridgehead atoms. The Labute approximate surface area is 323 Å². The second-order valence-electron chi connectivity index (χ2n) is 14.1. The molecule has 4 nitrogen and oxygen atoms in total.